The summed E-state index contributed by atoms with van der Waals surface area (Å²) >= 11 is 0. The number of fused-ring (bicyclic) bond motifs is 2. The molecule has 0 saturated heterocycles. The third-order valence-corrected chi connectivity index (χ3v) is 9.64. The Labute approximate surface area is 386 Å². The van der Waals surface area contributed by atoms with Crippen molar-refractivity contribution >= 4 is 42.6 Å². The van der Waals surface area contributed by atoms with Gasteiger partial charge in [0.05, 0.1) is 48.8 Å². The van der Waals surface area contributed by atoms with Gasteiger partial charge in [-0.3, -0.25) is 23.4 Å². The van der Waals surface area contributed by atoms with E-state index in [0.717, 1.165) is 0 Å². The van der Waals surface area contributed by atoms with E-state index in [1.165, 1.54) is 59.8 Å². The first-order chi connectivity index (χ1) is 27.7. The first-order valence-corrected chi connectivity index (χ1v) is 19.9. The number of ether oxygens (including phenoxy) is 2. The Bertz CT molecular complexity index is 3050. The van der Waals surface area contributed by atoms with Gasteiger partial charge in [-0.15, -0.1) is 5.10 Å². The first-order valence-electron chi connectivity index (χ1n) is 17.3. The van der Waals surface area contributed by atoms with Crippen molar-refractivity contribution in [3.8, 4) is 45.8 Å². The molecule has 0 unspecified atom stereocenters. The summed E-state index contributed by atoms with van der Waals surface area (Å²) in [6.07, 6.45) is 2.70. The smallest absolute Gasteiger partial charge is 0.716 e. The SMILES string of the molecule is COc1cc(-c2nc3ccccc3c(=O)n2CCCCn2cc(Cn3c(-c4ccc(OS(=O)(=O)[O-])c(OC)c4)nc4ccccc4c3=O)nn2)ccc1OS(=O)(=O)[O-].[Na+].[Na+]. The van der Waals surface area contributed by atoms with E-state index < -0.39 is 20.8 Å². The summed E-state index contributed by atoms with van der Waals surface area (Å²) < 4.78 is 91.5. The molecule has 4 aromatic carbocycles. The average Bonchev–Trinajstić information content (AvgIpc) is 3.64. The summed E-state index contributed by atoms with van der Waals surface area (Å²) in [7, 11) is -7.63. The van der Waals surface area contributed by atoms with E-state index >= 15 is 0 Å². The summed E-state index contributed by atoms with van der Waals surface area (Å²) in [5.74, 6) is -0.302. The van der Waals surface area contributed by atoms with Crippen molar-refractivity contribution in [2.45, 2.75) is 32.5 Å². The Hall–Kier alpha value is -4.68. The van der Waals surface area contributed by atoms with Gasteiger partial charge in [-0.1, -0.05) is 29.5 Å². The minimum atomic E-state index is -5.09. The molecule has 0 saturated carbocycles. The van der Waals surface area contributed by atoms with Gasteiger partial charge >= 0.3 is 59.1 Å². The van der Waals surface area contributed by atoms with E-state index in [1.807, 2.05) is 0 Å². The van der Waals surface area contributed by atoms with Gasteiger partial charge in [-0.25, -0.2) is 26.8 Å². The number of hydrogen-bond acceptors (Lipinski definition) is 16. The summed E-state index contributed by atoms with van der Waals surface area (Å²) in [6.45, 7) is 0.580. The van der Waals surface area contributed by atoms with Gasteiger partial charge in [0.15, 0.2) is 23.0 Å². The van der Waals surface area contributed by atoms with Crippen molar-refractivity contribution in [1.29, 1.82) is 0 Å². The minimum Gasteiger partial charge on any atom is -0.716 e. The fraction of sp³-hybridized carbons (Fsp3) is 0.189. The predicted octanol–water partition coefficient (Wildman–Crippen LogP) is -2.74. The number of aromatic nitrogens is 7. The van der Waals surface area contributed by atoms with Crippen LogP contribution in [0.15, 0.2) is 101 Å². The molecule has 0 atom stereocenters. The van der Waals surface area contributed by atoms with Crippen molar-refractivity contribution in [2.75, 3.05) is 14.2 Å². The average molecular weight is 876 g/mol. The second-order valence-corrected chi connectivity index (χ2v) is 14.6. The van der Waals surface area contributed by atoms with Gasteiger partial charge in [0.2, 0.25) is 0 Å². The molecule has 0 spiro atoms. The van der Waals surface area contributed by atoms with Crippen LogP contribution in [-0.4, -0.2) is 74.3 Å². The summed E-state index contributed by atoms with van der Waals surface area (Å²) in [4.78, 5) is 37.0. The molecule has 0 amide bonds. The zero-order valence-corrected chi connectivity index (χ0v) is 38.2. The molecule has 0 aliphatic rings. The van der Waals surface area contributed by atoms with Crippen LogP contribution in [0.5, 0.6) is 23.0 Å². The van der Waals surface area contributed by atoms with Gasteiger partial charge in [0, 0.05) is 24.2 Å². The maximum Gasteiger partial charge on any atom is 1.00 e. The molecule has 19 nitrogen and oxygen atoms in total. The Morgan fingerprint density at radius 1 is 0.617 bits per heavy atom. The number of nitrogens with zero attached hydrogens (tertiary/aromatic N) is 7. The van der Waals surface area contributed by atoms with Crippen LogP contribution >= 0.6 is 0 Å². The van der Waals surface area contributed by atoms with Gasteiger partial charge in [0.25, 0.3) is 31.9 Å². The van der Waals surface area contributed by atoms with E-state index in [2.05, 4.69) is 18.7 Å². The molecular weight excluding hydrogens is 845 g/mol. The number of rotatable bonds is 15. The molecule has 0 aliphatic heterocycles. The fourth-order valence-corrected chi connectivity index (χ4v) is 7.04. The van der Waals surface area contributed by atoms with Crippen LogP contribution in [0.25, 0.3) is 44.6 Å². The van der Waals surface area contributed by atoms with Crippen molar-refractivity contribution < 1.29 is 103 Å². The van der Waals surface area contributed by atoms with Gasteiger partial charge in [-0.2, -0.15) is 0 Å². The van der Waals surface area contributed by atoms with Crippen molar-refractivity contribution in [1.82, 2.24) is 34.1 Å². The molecule has 23 heteroatoms. The zero-order valence-electron chi connectivity index (χ0n) is 32.5. The van der Waals surface area contributed by atoms with Gasteiger partial charge in [0.1, 0.15) is 17.3 Å². The third kappa shape index (κ3) is 10.6. The molecule has 7 aromatic rings. The number of para-hydroxylation sites is 2. The maximum atomic E-state index is 13.8. The second-order valence-electron chi connectivity index (χ2n) is 12.6. The molecule has 0 fully saturated rings. The Morgan fingerprint density at radius 2 is 1.08 bits per heavy atom. The van der Waals surface area contributed by atoms with Crippen molar-refractivity contribution in [2.24, 2.45) is 0 Å². The molecule has 0 N–H and O–H groups in total. The number of unbranched alkanes of at least 4 members (excludes halogenated alkanes) is 1. The van der Waals surface area contributed by atoms with Crippen LogP contribution in [-0.2, 0) is 40.4 Å². The monoisotopic (exact) mass is 875 g/mol. The number of aryl methyl sites for hydroxylation is 1. The van der Waals surface area contributed by atoms with E-state index in [4.69, 9.17) is 19.4 Å². The number of benzene rings is 4. The summed E-state index contributed by atoms with van der Waals surface area (Å²) in [5.41, 5.74) is 1.37. The zero-order chi connectivity index (χ0) is 41.2. The molecular formula is C37H31N7Na2O12S2. The molecule has 0 radical (unpaired) electrons. The van der Waals surface area contributed by atoms with Crippen LogP contribution < -0.4 is 88.1 Å². The van der Waals surface area contributed by atoms with Crippen LogP contribution in [0, 0.1) is 0 Å². The summed E-state index contributed by atoms with van der Waals surface area (Å²) in [6, 6.07) is 21.8. The number of methoxy groups -OCH3 is 2. The van der Waals surface area contributed by atoms with Crippen LogP contribution in [0.3, 0.4) is 0 Å². The largest absolute Gasteiger partial charge is 1.00 e. The minimum absolute atomic E-state index is 0. The standard InChI is InChI=1S/C37H33N7O12S2.2Na/c1-53-32-19-23(13-15-30(32)55-57(47,48)49)34-38-28-11-5-3-9-26(28)36(45)43(34)18-8-7-17-42-21-25(40-41-42)22-44-35(39-29-12-6-4-10-27(29)37(44)46)24-14-16-31(33(20-24)54-2)56-58(50,51)52;;/h3-6,9-16,19-21H,7-8,17-18,22H2,1-2H3,(H,47,48,49)(H,50,51,52);;/q;2*+1/p-2. The van der Waals surface area contributed by atoms with Crippen molar-refractivity contribution in [3.63, 3.8) is 0 Å². The maximum absolute atomic E-state index is 13.8. The van der Waals surface area contributed by atoms with Crippen LogP contribution in [0.2, 0.25) is 0 Å². The van der Waals surface area contributed by atoms with Crippen molar-refractivity contribution in [3.05, 3.63) is 118 Å². The third-order valence-electron chi connectivity index (χ3n) is 8.88. The molecule has 7 rings (SSSR count). The van der Waals surface area contributed by atoms with Crippen LogP contribution in [0.4, 0.5) is 0 Å². The van der Waals surface area contributed by atoms with Gasteiger partial charge < -0.3 is 26.9 Å². The molecule has 300 valence electrons. The quantitative estimate of drug-likeness (QED) is 0.0439. The summed E-state index contributed by atoms with van der Waals surface area (Å²) in [5, 5.41) is 9.25. The van der Waals surface area contributed by atoms with E-state index in [-0.39, 0.29) is 118 Å². The fourth-order valence-electron chi connectivity index (χ4n) is 6.33. The second kappa shape index (κ2) is 19.4. The number of hydrogen-bond donors (Lipinski definition) is 0. The first kappa shape index (κ1) is 46.4. The van der Waals surface area contributed by atoms with E-state index in [0.29, 0.717) is 58.0 Å². The normalized spacial score (nSPS) is 11.5. The van der Waals surface area contributed by atoms with Gasteiger partial charge in [-0.05, 0) is 73.5 Å². The molecule has 0 aliphatic carbocycles. The topological polar surface area (TPSA) is 252 Å². The van der Waals surface area contributed by atoms with E-state index in [9.17, 15) is 35.5 Å². The molecule has 60 heavy (non-hydrogen) atoms. The molecule has 3 aromatic heterocycles. The Balaban J connectivity index is 0.00000341. The predicted molar refractivity (Wildman–Crippen MR) is 205 cm³/mol. The molecule has 0 bridgehead atoms. The van der Waals surface area contributed by atoms with E-state index in [1.54, 1.807) is 59.4 Å². The Morgan fingerprint density at radius 3 is 1.58 bits per heavy atom. The Kier molecular flexibility index (Phi) is 15.0. The van der Waals surface area contributed by atoms with Crippen LogP contribution in [0.1, 0.15) is 18.5 Å². The molecule has 3 heterocycles.